The summed E-state index contributed by atoms with van der Waals surface area (Å²) in [5.74, 6) is -1.25. The van der Waals surface area contributed by atoms with Gasteiger partial charge in [0.05, 0.1) is 21.2 Å². The first kappa shape index (κ1) is 19.8. The molecule has 1 N–H and O–H groups in total. The number of rotatable bonds is 4. The zero-order valence-corrected chi connectivity index (χ0v) is 16.4. The van der Waals surface area contributed by atoms with Gasteiger partial charge in [-0.15, -0.1) is 0 Å². The van der Waals surface area contributed by atoms with E-state index in [-0.39, 0.29) is 21.2 Å². The highest BCUT2D eigenvalue weighted by molar-refractivity contribution is 7.89. The SMILES string of the molecule is Cc1ccc(F)c(NC(=O)c2cc(S(=O)(=O)N3CCCCC3)ccc2Cl)c1. The number of amides is 1. The number of nitrogens with one attached hydrogen (secondary N) is 1. The molecule has 0 radical (unpaired) electrons. The number of carbonyl (C=O) groups excluding carboxylic acids is 1. The maximum absolute atomic E-state index is 13.9. The van der Waals surface area contributed by atoms with Gasteiger partial charge in [-0.2, -0.15) is 4.31 Å². The van der Waals surface area contributed by atoms with Crippen LogP contribution in [0.5, 0.6) is 0 Å². The first-order valence-corrected chi connectivity index (χ1v) is 10.5. The first-order chi connectivity index (χ1) is 12.8. The summed E-state index contributed by atoms with van der Waals surface area (Å²) < 4.78 is 41.0. The molecule has 0 aliphatic carbocycles. The summed E-state index contributed by atoms with van der Waals surface area (Å²) in [5.41, 5.74) is 0.773. The Morgan fingerprint density at radius 2 is 1.81 bits per heavy atom. The molecule has 1 aliphatic rings. The fraction of sp³-hybridized carbons (Fsp3) is 0.316. The van der Waals surface area contributed by atoms with Crippen LogP contribution in [0.25, 0.3) is 0 Å². The van der Waals surface area contributed by atoms with Crippen LogP contribution in [0.2, 0.25) is 5.02 Å². The molecule has 2 aromatic carbocycles. The molecule has 1 saturated heterocycles. The number of aryl methyl sites for hydroxylation is 1. The van der Waals surface area contributed by atoms with E-state index in [2.05, 4.69) is 5.32 Å². The van der Waals surface area contributed by atoms with E-state index in [9.17, 15) is 17.6 Å². The summed E-state index contributed by atoms with van der Waals surface area (Å²) in [7, 11) is -3.70. The summed E-state index contributed by atoms with van der Waals surface area (Å²) in [5, 5.41) is 2.56. The van der Waals surface area contributed by atoms with Crippen molar-refractivity contribution in [3.63, 3.8) is 0 Å². The molecule has 8 heteroatoms. The Labute approximate surface area is 163 Å². The Balaban J connectivity index is 1.91. The van der Waals surface area contributed by atoms with E-state index >= 15 is 0 Å². The van der Waals surface area contributed by atoms with Crippen molar-refractivity contribution in [2.45, 2.75) is 31.1 Å². The van der Waals surface area contributed by atoms with E-state index < -0.39 is 21.7 Å². The normalized spacial score (nSPS) is 15.5. The van der Waals surface area contributed by atoms with Gasteiger partial charge >= 0.3 is 0 Å². The highest BCUT2D eigenvalue weighted by Crippen LogP contribution is 2.26. The van der Waals surface area contributed by atoms with Gasteiger partial charge in [0.2, 0.25) is 10.0 Å². The smallest absolute Gasteiger partial charge is 0.257 e. The van der Waals surface area contributed by atoms with Crippen molar-refractivity contribution < 1.29 is 17.6 Å². The summed E-state index contributed by atoms with van der Waals surface area (Å²) in [6.07, 6.45) is 2.63. The van der Waals surface area contributed by atoms with Crippen molar-refractivity contribution in [1.29, 1.82) is 0 Å². The molecule has 1 amide bonds. The van der Waals surface area contributed by atoms with E-state index in [4.69, 9.17) is 11.6 Å². The standard InChI is InChI=1S/C19H20ClFN2O3S/c1-13-5-8-17(21)18(11-13)22-19(24)15-12-14(6-7-16(15)20)27(25,26)23-9-3-2-4-10-23/h5-8,11-12H,2-4,9-10H2,1H3,(H,22,24). The molecule has 0 spiro atoms. The molecule has 0 unspecified atom stereocenters. The lowest BCUT2D eigenvalue weighted by Crippen LogP contribution is -2.35. The third kappa shape index (κ3) is 4.31. The summed E-state index contributed by atoms with van der Waals surface area (Å²) in [4.78, 5) is 12.6. The highest BCUT2D eigenvalue weighted by atomic mass is 35.5. The van der Waals surface area contributed by atoms with Crippen molar-refractivity contribution in [2.24, 2.45) is 0 Å². The third-order valence-electron chi connectivity index (χ3n) is 4.51. The van der Waals surface area contributed by atoms with E-state index in [1.54, 1.807) is 13.0 Å². The van der Waals surface area contributed by atoms with Gasteiger partial charge in [-0.25, -0.2) is 12.8 Å². The minimum Gasteiger partial charge on any atom is -0.319 e. The fourth-order valence-electron chi connectivity index (χ4n) is 3.02. The number of carbonyl (C=O) groups is 1. The first-order valence-electron chi connectivity index (χ1n) is 8.66. The molecule has 2 aromatic rings. The molecule has 3 rings (SSSR count). The molecule has 0 bridgehead atoms. The predicted molar refractivity (Wildman–Crippen MR) is 103 cm³/mol. The zero-order chi connectivity index (χ0) is 19.6. The molecule has 1 heterocycles. The van der Waals surface area contributed by atoms with E-state index in [0.29, 0.717) is 13.1 Å². The monoisotopic (exact) mass is 410 g/mol. The topological polar surface area (TPSA) is 66.5 Å². The van der Waals surface area contributed by atoms with Crippen LogP contribution < -0.4 is 5.32 Å². The molecule has 144 valence electrons. The second-order valence-corrected chi connectivity index (χ2v) is 8.89. The lowest BCUT2D eigenvalue weighted by molar-refractivity contribution is 0.102. The van der Waals surface area contributed by atoms with Crippen molar-refractivity contribution in [3.8, 4) is 0 Å². The number of piperidine rings is 1. The van der Waals surface area contributed by atoms with Crippen LogP contribution in [0.15, 0.2) is 41.3 Å². The Morgan fingerprint density at radius 1 is 1.11 bits per heavy atom. The number of benzene rings is 2. The fourth-order valence-corrected chi connectivity index (χ4v) is 4.76. The number of anilines is 1. The predicted octanol–water partition coefficient (Wildman–Crippen LogP) is 4.21. The van der Waals surface area contributed by atoms with Gasteiger partial charge in [-0.1, -0.05) is 24.1 Å². The van der Waals surface area contributed by atoms with Crippen LogP contribution in [-0.2, 0) is 10.0 Å². The molecular formula is C19H20ClFN2O3S. The molecule has 0 atom stereocenters. The quantitative estimate of drug-likeness (QED) is 0.820. The van der Waals surface area contributed by atoms with E-state index in [1.165, 1.54) is 34.6 Å². The van der Waals surface area contributed by atoms with Crippen molar-refractivity contribution in [1.82, 2.24) is 4.31 Å². The van der Waals surface area contributed by atoms with Crippen LogP contribution in [-0.4, -0.2) is 31.7 Å². The number of sulfonamides is 1. The van der Waals surface area contributed by atoms with Gasteiger partial charge in [0, 0.05) is 13.1 Å². The lowest BCUT2D eigenvalue weighted by Gasteiger charge is -2.26. The van der Waals surface area contributed by atoms with Crippen molar-refractivity contribution in [2.75, 3.05) is 18.4 Å². The van der Waals surface area contributed by atoms with Crippen LogP contribution in [0.4, 0.5) is 10.1 Å². The second-order valence-electron chi connectivity index (χ2n) is 6.54. The second kappa shape index (κ2) is 7.96. The summed E-state index contributed by atoms with van der Waals surface area (Å²) in [6, 6.07) is 8.34. The largest absolute Gasteiger partial charge is 0.319 e. The average Bonchev–Trinajstić information content (AvgIpc) is 2.65. The number of hydrogen-bond donors (Lipinski definition) is 1. The highest BCUT2D eigenvalue weighted by Gasteiger charge is 2.27. The van der Waals surface area contributed by atoms with E-state index in [1.807, 2.05) is 0 Å². The molecule has 1 aliphatic heterocycles. The molecule has 0 saturated carbocycles. The molecule has 5 nitrogen and oxygen atoms in total. The molecule has 0 aromatic heterocycles. The van der Waals surface area contributed by atoms with Crippen molar-refractivity contribution in [3.05, 3.63) is 58.4 Å². The number of hydrogen-bond acceptors (Lipinski definition) is 3. The van der Waals surface area contributed by atoms with Gasteiger partial charge in [0.1, 0.15) is 5.82 Å². The minimum absolute atomic E-state index is 0.00339. The van der Waals surface area contributed by atoms with Crippen LogP contribution in [0, 0.1) is 12.7 Å². The average molecular weight is 411 g/mol. The minimum atomic E-state index is -3.70. The van der Waals surface area contributed by atoms with Crippen LogP contribution >= 0.6 is 11.6 Å². The van der Waals surface area contributed by atoms with Crippen molar-refractivity contribution >= 4 is 33.2 Å². The maximum atomic E-state index is 13.9. The Morgan fingerprint density at radius 3 is 2.52 bits per heavy atom. The van der Waals surface area contributed by atoms with Crippen LogP contribution in [0.3, 0.4) is 0 Å². The number of halogens is 2. The third-order valence-corrected chi connectivity index (χ3v) is 6.73. The Kier molecular flexibility index (Phi) is 5.83. The van der Waals surface area contributed by atoms with Gasteiger partial charge < -0.3 is 5.32 Å². The molecule has 1 fully saturated rings. The van der Waals surface area contributed by atoms with Crippen LogP contribution in [0.1, 0.15) is 35.2 Å². The van der Waals surface area contributed by atoms with E-state index in [0.717, 1.165) is 24.8 Å². The molecule has 27 heavy (non-hydrogen) atoms. The van der Waals surface area contributed by atoms with Gasteiger partial charge in [-0.05, 0) is 55.7 Å². The molecular weight excluding hydrogens is 391 g/mol. The number of nitrogens with zero attached hydrogens (tertiary/aromatic N) is 1. The van der Waals surface area contributed by atoms with Gasteiger partial charge in [-0.3, -0.25) is 4.79 Å². The summed E-state index contributed by atoms with van der Waals surface area (Å²) in [6.45, 7) is 2.69. The summed E-state index contributed by atoms with van der Waals surface area (Å²) >= 11 is 6.10. The zero-order valence-electron chi connectivity index (χ0n) is 14.8. The van der Waals surface area contributed by atoms with Gasteiger partial charge in [0.25, 0.3) is 5.91 Å². The Hall–Kier alpha value is -1.96. The maximum Gasteiger partial charge on any atom is 0.257 e. The Bertz CT molecular complexity index is 973. The van der Waals surface area contributed by atoms with Gasteiger partial charge in [0.15, 0.2) is 0 Å². The lowest BCUT2D eigenvalue weighted by atomic mass is 10.2.